The molecule has 4 atom stereocenters. The molecule has 1 aromatic heterocycles. The van der Waals surface area contributed by atoms with E-state index in [9.17, 15) is 29.4 Å². The Kier molecular flexibility index (Phi) is 14.3. The molecule has 1 heterocycles. The Labute approximate surface area is 238 Å². The standard InChI is InChI=1S/C27H42N8O6/c28-11-3-1-5-21(25(38)34-22(27(40)41)6-2-4-12-29)33-26(39)23(14-18-15-31-16-32-18)35-24(37)20(30)13-17-7-9-19(36)10-8-17/h7-10,15-16,20-23,36H,1-6,11-14,28-30H2,(H,31,32)(H,33,39)(H,34,38)(H,35,37)(H,40,41)/t20-,21-,22-,23-/m0/s1. The quantitative estimate of drug-likeness (QED) is 0.0927. The molecule has 0 aliphatic carbocycles. The van der Waals surface area contributed by atoms with Crippen LogP contribution in [0.4, 0.5) is 0 Å². The van der Waals surface area contributed by atoms with Gasteiger partial charge in [0, 0.05) is 18.3 Å². The van der Waals surface area contributed by atoms with Gasteiger partial charge in [0.05, 0.1) is 12.4 Å². The monoisotopic (exact) mass is 574 g/mol. The summed E-state index contributed by atoms with van der Waals surface area (Å²) in [5.41, 5.74) is 18.5. The summed E-state index contributed by atoms with van der Waals surface area (Å²) < 4.78 is 0. The molecule has 0 aliphatic heterocycles. The third-order valence-electron chi connectivity index (χ3n) is 6.48. The average Bonchev–Trinajstić information content (AvgIpc) is 3.46. The van der Waals surface area contributed by atoms with Crippen LogP contribution in [0.1, 0.15) is 49.8 Å². The lowest BCUT2D eigenvalue weighted by Gasteiger charge is -2.25. The molecule has 41 heavy (non-hydrogen) atoms. The van der Waals surface area contributed by atoms with Crippen molar-refractivity contribution in [2.24, 2.45) is 17.2 Å². The molecular formula is C27H42N8O6. The Morgan fingerprint density at radius 2 is 1.37 bits per heavy atom. The third-order valence-corrected chi connectivity index (χ3v) is 6.48. The largest absolute Gasteiger partial charge is 0.508 e. The van der Waals surface area contributed by atoms with E-state index in [1.807, 2.05) is 0 Å². The number of imidazole rings is 1. The molecule has 0 aliphatic rings. The van der Waals surface area contributed by atoms with Gasteiger partial charge in [0.25, 0.3) is 0 Å². The van der Waals surface area contributed by atoms with Gasteiger partial charge in [0.15, 0.2) is 0 Å². The highest BCUT2D eigenvalue weighted by molar-refractivity contribution is 5.94. The van der Waals surface area contributed by atoms with Crippen LogP contribution in [0.5, 0.6) is 5.75 Å². The number of phenolic OH excluding ortho intramolecular Hbond substituents is 1. The van der Waals surface area contributed by atoms with Crippen molar-refractivity contribution in [1.29, 1.82) is 0 Å². The molecule has 0 saturated heterocycles. The van der Waals surface area contributed by atoms with Gasteiger partial charge in [-0.25, -0.2) is 9.78 Å². The van der Waals surface area contributed by atoms with E-state index in [0.717, 1.165) is 5.56 Å². The van der Waals surface area contributed by atoms with Crippen molar-refractivity contribution < 1.29 is 29.4 Å². The van der Waals surface area contributed by atoms with E-state index in [0.29, 0.717) is 44.5 Å². The molecule has 0 saturated carbocycles. The van der Waals surface area contributed by atoms with Gasteiger partial charge < -0.3 is 48.3 Å². The Bertz CT molecular complexity index is 1100. The van der Waals surface area contributed by atoms with Crippen molar-refractivity contribution in [1.82, 2.24) is 25.9 Å². The number of nitrogens with zero attached hydrogens (tertiary/aromatic N) is 1. The van der Waals surface area contributed by atoms with Crippen molar-refractivity contribution in [3.8, 4) is 5.75 Å². The van der Waals surface area contributed by atoms with Crippen LogP contribution >= 0.6 is 0 Å². The molecule has 3 amide bonds. The minimum atomic E-state index is -1.19. The number of carbonyl (C=O) groups is 4. The Morgan fingerprint density at radius 3 is 1.93 bits per heavy atom. The first kappa shape index (κ1) is 33.2. The zero-order valence-corrected chi connectivity index (χ0v) is 23.1. The van der Waals surface area contributed by atoms with Crippen LogP contribution < -0.4 is 33.2 Å². The number of carboxylic acid groups (broad SMARTS) is 1. The van der Waals surface area contributed by atoms with Crippen LogP contribution in [-0.4, -0.2) is 81.1 Å². The fraction of sp³-hybridized carbons (Fsp3) is 0.519. The number of carbonyl (C=O) groups excluding carboxylic acids is 3. The number of carboxylic acids is 1. The van der Waals surface area contributed by atoms with E-state index in [-0.39, 0.29) is 31.4 Å². The first-order valence-corrected chi connectivity index (χ1v) is 13.7. The number of benzene rings is 1. The number of amides is 3. The summed E-state index contributed by atoms with van der Waals surface area (Å²) in [6.07, 6.45) is 5.78. The number of nitrogens with one attached hydrogen (secondary N) is 4. The van der Waals surface area contributed by atoms with E-state index in [1.165, 1.54) is 24.7 Å². The van der Waals surface area contributed by atoms with Crippen LogP contribution in [0, 0.1) is 0 Å². The van der Waals surface area contributed by atoms with Crippen LogP contribution in [0.3, 0.4) is 0 Å². The maximum Gasteiger partial charge on any atom is 0.326 e. The van der Waals surface area contributed by atoms with Crippen LogP contribution in [0.2, 0.25) is 0 Å². The fourth-order valence-electron chi connectivity index (χ4n) is 4.14. The summed E-state index contributed by atoms with van der Waals surface area (Å²) in [6, 6.07) is 1.95. The molecule has 2 aromatic rings. The second-order valence-electron chi connectivity index (χ2n) is 9.85. The minimum absolute atomic E-state index is 0.0392. The van der Waals surface area contributed by atoms with Gasteiger partial charge in [-0.1, -0.05) is 12.1 Å². The fourth-order valence-corrected chi connectivity index (χ4v) is 4.14. The number of aliphatic carboxylic acids is 1. The number of hydrogen-bond donors (Lipinski definition) is 9. The summed E-state index contributed by atoms with van der Waals surface area (Å²) in [5.74, 6) is -2.99. The SMILES string of the molecule is NCCCC[C@H](NC(=O)[C@H](CCCCN)NC(=O)[C@H](Cc1cnc[nH]1)NC(=O)[C@@H](N)Cc1ccc(O)cc1)C(=O)O. The average molecular weight is 575 g/mol. The Balaban J connectivity index is 2.15. The molecule has 0 radical (unpaired) electrons. The van der Waals surface area contributed by atoms with Crippen LogP contribution in [0.15, 0.2) is 36.8 Å². The summed E-state index contributed by atoms with van der Waals surface area (Å²) in [4.78, 5) is 58.1. The van der Waals surface area contributed by atoms with Gasteiger partial charge in [0.1, 0.15) is 23.9 Å². The van der Waals surface area contributed by atoms with Gasteiger partial charge in [-0.2, -0.15) is 0 Å². The van der Waals surface area contributed by atoms with E-state index in [1.54, 1.807) is 12.1 Å². The highest BCUT2D eigenvalue weighted by atomic mass is 16.4. The van der Waals surface area contributed by atoms with Crippen molar-refractivity contribution in [3.63, 3.8) is 0 Å². The van der Waals surface area contributed by atoms with Gasteiger partial charge in [0.2, 0.25) is 17.7 Å². The molecule has 1 aromatic carbocycles. The van der Waals surface area contributed by atoms with E-state index in [4.69, 9.17) is 17.2 Å². The van der Waals surface area contributed by atoms with Crippen LogP contribution in [-0.2, 0) is 32.0 Å². The Morgan fingerprint density at radius 1 is 0.805 bits per heavy atom. The number of rotatable bonds is 19. The second kappa shape index (κ2) is 17.6. The zero-order chi connectivity index (χ0) is 30.2. The number of aromatic hydroxyl groups is 1. The number of nitrogens with two attached hydrogens (primary N) is 3. The maximum atomic E-state index is 13.4. The number of hydrogen-bond acceptors (Lipinski definition) is 9. The topological polar surface area (TPSA) is 252 Å². The van der Waals surface area contributed by atoms with Crippen molar-refractivity contribution in [3.05, 3.63) is 48.0 Å². The predicted molar refractivity (Wildman–Crippen MR) is 151 cm³/mol. The van der Waals surface area contributed by atoms with Crippen molar-refractivity contribution in [2.75, 3.05) is 13.1 Å². The van der Waals surface area contributed by atoms with Crippen molar-refractivity contribution in [2.45, 2.75) is 75.5 Å². The number of H-pyrrole nitrogens is 1. The van der Waals surface area contributed by atoms with Gasteiger partial charge in [-0.15, -0.1) is 0 Å². The lowest BCUT2D eigenvalue weighted by atomic mass is 10.0. The van der Waals surface area contributed by atoms with E-state index in [2.05, 4.69) is 25.9 Å². The third kappa shape index (κ3) is 11.9. The highest BCUT2D eigenvalue weighted by Gasteiger charge is 2.30. The van der Waals surface area contributed by atoms with Gasteiger partial charge in [-0.05, 0) is 75.7 Å². The molecular weight excluding hydrogens is 532 g/mol. The van der Waals surface area contributed by atoms with Crippen LogP contribution in [0.25, 0.3) is 0 Å². The summed E-state index contributed by atoms with van der Waals surface area (Å²) in [5, 5.41) is 26.9. The molecule has 0 bridgehead atoms. The number of phenols is 1. The zero-order valence-electron chi connectivity index (χ0n) is 23.1. The number of unbranched alkanes of at least 4 members (excludes halogenated alkanes) is 2. The number of aromatic nitrogens is 2. The van der Waals surface area contributed by atoms with Gasteiger partial charge in [-0.3, -0.25) is 14.4 Å². The first-order valence-electron chi connectivity index (χ1n) is 13.7. The predicted octanol–water partition coefficient (Wildman–Crippen LogP) is -0.975. The first-order chi connectivity index (χ1) is 19.6. The second-order valence-corrected chi connectivity index (χ2v) is 9.85. The molecule has 0 unspecified atom stereocenters. The molecule has 12 N–H and O–H groups in total. The molecule has 0 spiro atoms. The summed E-state index contributed by atoms with van der Waals surface area (Å²) in [7, 11) is 0. The van der Waals surface area contributed by atoms with E-state index >= 15 is 0 Å². The summed E-state index contributed by atoms with van der Waals surface area (Å²) >= 11 is 0. The molecule has 0 fully saturated rings. The highest BCUT2D eigenvalue weighted by Crippen LogP contribution is 2.12. The summed E-state index contributed by atoms with van der Waals surface area (Å²) in [6.45, 7) is 0.788. The minimum Gasteiger partial charge on any atom is -0.508 e. The molecule has 14 nitrogen and oxygen atoms in total. The van der Waals surface area contributed by atoms with E-state index < -0.39 is 47.9 Å². The lowest BCUT2D eigenvalue weighted by molar-refractivity contribution is -0.142. The molecule has 14 heteroatoms. The molecule has 2 rings (SSSR count). The number of aromatic amines is 1. The molecule has 226 valence electrons. The lowest BCUT2D eigenvalue weighted by Crippen LogP contribution is -2.57. The maximum absolute atomic E-state index is 13.4. The van der Waals surface area contributed by atoms with Gasteiger partial charge >= 0.3 is 5.97 Å². The van der Waals surface area contributed by atoms with Crippen molar-refractivity contribution >= 4 is 23.7 Å². The Hall–Kier alpha value is -4.01. The smallest absolute Gasteiger partial charge is 0.326 e. The normalized spacial score (nSPS) is 13.9.